The molecule has 0 aliphatic carbocycles. The Morgan fingerprint density at radius 2 is 0.790 bits per heavy atom. The van der Waals surface area contributed by atoms with Crippen molar-refractivity contribution in [3.05, 3.63) is 280 Å². The zero-order valence-electron chi connectivity index (χ0n) is 53.3. The van der Waals surface area contributed by atoms with E-state index in [-0.39, 0.29) is 90.2 Å². The predicted octanol–water partition coefficient (Wildman–Crippen LogP) is 16.6. The minimum absolute atomic E-state index is 0. The van der Waals surface area contributed by atoms with Gasteiger partial charge in [-0.25, -0.2) is 18.0 Å². The third-order valence-corrected chi connectivity index (χ3v) is 17.5. The first-order valence-corrected chi connectivity index (χ1v) is 32.8. The summed E-state index contributed by atoms with van der Waals surface area (Å²) in [6.07, 6.45) is 13.9. The van der Waals surface area contributed by atoms with Gasteiger partial charge >= 0.3 is 5.97 Å². The van der Waals surface area contributed by atoms with Crippen LogP contribution in [-0.2, 0) is 39.3 Å². The number of hydrogen-bond acceptors (Lipinski definition) is 13. The molecule has 0 unspecified atom stereocenters. The number of halogens is 10. The Bertz CT molecular complexity index is 5750. The van der Waals surface area contributed by atoms with E-state index in [2.05, 4.69) is 55.8 Å². The number of amides is 2. The highest BCUT2D eigenvalue weighted by atomic mass is 35.5. The van der Waals surface area contributed by atoms with Gasteiger partial charge in [-0.15, -0.1) is 12.4 Å². The number of carbonyl (C=O) groups is 3. The third kappa shape index (κ3) is 17.6. The lowest BCUT2D eigenvalue weighted by molar-refractivity contribution is 0.0695. The van der Waals surface area contributed by atoms with Gasteiger partial charge in [0, 0.05) is 141 Å². The number of nitrogens with two attached hydrogens (primary N) is 1. The van der Waals surface area contributed by atoms with Crippen molar-refractivity contribution in [2.45, 2.75) is 46.7 Å². The highest BCUT2D eigenvalue weighted by Crippen LogP contribution is 2.30. The lowest BCUT2D eigenvalue weighted by atomic mass is 10.1. The fraction of sp³-hybridized carbons (Fsp3) is 0.0959. The van der Waals surface area contributed by atoms with E-state index in [1.165, 1.54) is 50.8 Å². The van der Waals surface area contributed by atoms with Gasteiger partial charge in [0.1, 0.15) is 41.2 Å². The van der Waals surface area contributed by atoms with E-state index in [1.807, 2.05) is 78.9 Å². The smallest absolute Gasteiger partial charge is 0.340 e. The largest absolute Gasteiger partial charge is 0.478 e. The molecule has 0 fully saturated rings. The fourth-order valence-electron chi connectivity index (χ4n) is 11.0. The number of carbonyl (C=O) groups excluding carboxylic acids is 2. The Balaban J connectivity index is 0.000000157. The molecule has 0 radical (unpaired) electrons. The Morgan fingerprint density at radius 3 is 1.10 bits per heavy atom. The number of nitrogens with one attached hydrogen (secondary N) is 5. The average Bonchev–Trinajstić information content (AvgIpc) is 1.71. The summed E-state index contributed by atoms with van der Waals surface area (Å²) in [7, 11) is 0. The molecule has 22 nitrogen and oxygen atoms in total. The zero-order chi connectivity index (χ0) is 72.8. The molecular formula is C73H52Cl7F3N18O4. The number of hydrogen-bond donors (Lipinski definition) is 7. The number of rotatable bonds is 14. The van der Waals surface area contributed by atoms with Gasteiger partial charge in [-0.1, -0.05) is 95.2 Å². The van der Waals surface area contributed by atoms with Crippen molar-refractivity contribution in [1.82, 2.24) is 69.9 Å². The molecule has 0 aliphatic rings. The summed E-state index contributed by atoms with van der Waals surface area (Å²) < 4.78 is 46.5. The number of aromatic amines is 3. The van der Waals surface area contributed by atoms with E-state index in [0.29, 0.717) is 82.7 Å². The first-order valence-electron chi connectivity index (χ1n) is 30.5. The average molecular weight is 1550 g/mol. The van der Waals surface area contributed by atoms with Crippen molar-refractivity contribution in [2.75, 3.05) is 0 Å². The molecular weight excluding hydrogens is 1500 g/mol. The normalized spacial score (nSPS) is 10.8. The number of pyridine rings is 3. The molecule has 32 heteroatoms. The van der Waals surface area contributed by atoms with Crippen LogP contribution in [0.15, 0.2) is 165 Å². The Morgan fingerprint density at radius 1 is 0.476 bits per heavy atom. The summed E-state index contributed by atoms with van der Waals surface area (Å²) in [6, 6.07) is 37.0. The number of H-pyrrole nitrogens is 3. The van der Waals surface area contributed by atoms with E-state index in [1.54, 1.807) is 67.5 Å². The molecule has 9 aromatic heterocycles. The summed E-state index contributed by atoms with van der Waals surface area (Å²) in [5.74, 6) is -3.48. The molecule has 6 aromatic carbocycles. The van der Waals surface area contributed by atoms with Crippen LogP contribution in [0.25, 0.3) is 65.4 Å². The topological polar surface area (TPSA) is 332 Å². The van der Waals surface area contributed by atoms with E-state index in [0.717, 1.165) is 54.8 Å². The van der Waals surface area contributed by atoms with Gasteiger partial charge in [0.2, 0.25) is 0 Å². The van der Waals surface area contributed by atoms with E-state index < -0.39 is 29.4 Å². The van der Waals surface area contributed by atoms with Gasteiger partial charge < -0.3 is 36.4 Å². The molecule has 0 bridgehead atoms. The SMILES string of the molecule is C.Cl.N#Cc1nn(Cc2ccc3ncc(Cl)cc3c2)cc1C(=O)NCc1cc2c(Cl)c[nH]c2cc1F.N#Cc1nn(Cc2ccc3ncc(Cl)cc3c2)cc1C(=O)NCc1cc2c(Cl)c[nH]c2cc1F.N#Cc1nn(Cc2ccc3ncc(Cl)cc3c2)cc1C(=O)O.NCc1cc2c(Cl)c[nH]c2cc1F. The molecule has 0 spiro atoms. The minimum atomic E-state index is -1.17. The van der Waals surface area contributed by atoms with Crippen LogP contribution in [0, 0.1) is 51.4 Å². The molecule has 0 saturated carbocycles. The standard InChI is InChI=1S/2C24H15Cl2FN6O.C15H9ClN4O2.C9H8ClFN2.CH4.ClH/c2*25-16-4-14-3-13(1-2-21(14)29-9-16)11-33-12-18(23(7-28)32-33)24(34)31-8-15-5-17-19(26)10-30-22(17)6-20(15)27;16-11-4-10-3-9(1-2-13(10)18-6-11)7-20-8-12(15(21)22)14(5-17)19-20;10-7-4-13-9-2-8(11)5(3-12)1-6(7)9;;/h2*1-6,9-10,12,30H,8,11H2,(H,31,34);1-4,6,8H,7H2,(H,21,22);1-2,4,13H,3,12H2;1H4;1H. The van der Waals surface area contributed by atoms with Crippen LogP contribution in [0.3, 0.4) is 0 Å². The summed E-state index contributed by atoms with van der Waals surface area (Å²) >= 11 is 36.1. The Labute approximate surface area is 629 Å². The van der Waals surface area contributed by atoms with Gasteiger partial charge in [0.25, 0.3) is 11.8 Å². The summed E-state index contributed by atoms with van der Waals surface area (Å²) in [4.78, 5) is 58.0. The molecule has 0 atom stereocenters. The molecule has 8 N–H and O–H groups in total. The second-order valence-corrected chi connectivity index (χ2v) is 25.4. The number of nitriles is 3. The van der Waals surface area contributed by atoms with Crippen LogP contribution in [0.5, 0.6) is 0 Å². The molecule has 528 valence electrons. The maximum absolute atomic E-state index is 14.4. The van der Waals surface area contributed by atoms with Crippen LogP contribution >= 0.6 is 82.0 Å². The lowest BCUT2D eigenvalue weighted by Crippen LogP contribution is -2.23. The second kappa shape index (κ2) is 33.3. The molecule has 15 rings (SSSR count). The predicted molar refractivity (Wildman–Crippen MR) is 399 cm³/mol. The van der Waals surface area contributed by atoms with Crippen molar-refractivity contribution in [3.63, 3.8) is 0 Å². The third-order valence-electron chi connectivity index (χ3n) is 16.0. The lowest BCUT2D eigenvalue weighted by Gasteiger charge is -2.06. The Hall–Kier alpha value is -11.5. The number of fused-ring (bicyclic) bond motifs is 6. The van der Waals surface area contributed by atoms with Crippen molar-refractivity contribution >= 4 is 165 Å². The molecule has 105 heavy (non-hydrogen) atoms. The van der Waals surface area contributed by atoms with Crippen LogP contribution in [-0.4, -0.2) is 82.1 Å². The van der Waals surface area contributed by atoms with Crippen LogP contribution in [0.4, 0.5) is 13.2 Å². The number of carboxylic acid groups (broad SMARTS) is 1. The maximum atomic E-state index is 14.4. The van der Waals surface area contributed by atoms with Gasteiger partial charge in [0.05, 0.1) is 77.4 Å². The van der Waals surface area contributed by atoms with E-state index in [4.69, 9.17) is 85.7 Å². The van der Waals surface area contributed by atoms with E-state index >= 15 is 0 Å². The number of benzene rings is 6. The Kier molecular flexibility index (Phi) is 24.1. The molecule has 0 saturated heterocycles. The highest BCUT2D eigenvalue weighted by Gasteiger charge is 2.21. The monoisotopic (exact) mass is 1550 g/mol. The summed E-state index contributed by atoms with van der Waals surface area (Å²) in [6.45, 7) is 1.06. The van der Waals surface area contributed by atoms with Crippen LogP contribution in [0.1, 0.15) is 89.0 Å². The first-order chi connectivity index (χ1) is 49.6. The maximum Gasteiger partial charge on any atom is 0.340 e. The van der Waals surface area contributed by atoms with E-state index in [9.17, 15) is 38.1 Å². The minimum Gasteiger partial charge on any atom is -0.478 e. The number of carboxylic acids is 1. The van der Waals surface area contributed by atoms with Gasteiger partial charge in [-0.3, -0.25) is 38.6 Å². The number of nitrogens with zero attached hydrogens (tertiary/aromatic N) is 12. The van der Waals surface area contributed by atoms with Crippen molar-refractivity contribution in [1.29, 1.82) is 15.8 Å². The molecule has 15 aromatic rings. The number of aromatic carboxylic acids is 1. The van der Waals surface area contributed by atoms with Crippen molar-refractivity contribution < 1.29 is 32.7 Å². The van der Waals surface area contributed by atoms with Crippen molar-refractivity contribution in [2.24, 2.45) is 5.73 Å². The quantitative estimate of drug-likeness (QED) is 0.0532. The van der Waals surface area contributed by atoms with Crippen LogP contribution < -0.4 is 16.4 Å². The van der Waals surface area contributed by atoms with Crippen molar-refractivity contribution in [3.8, 4) is 18.2 Å². The van der Waals surface area contributed by atoms with Gasteiger partial charge in [0.15, 0.2) is 17.1 Å². The first kappa shape index (κ1) is 76.1. The molecule has 2 amide bonds. The van der Waals surface area contributed by atoms with Gasteiger partial charge in [-0.05, 0) is 108 Å². The molecule has 9 heterocycles. The summed E-state index contributed by atoms with van der Waals surface area (Å²) in [5, 5.41) is 62.5. The second-order valence-electron chi connectivity index (χ2n) is 22.9. The van der Waals surface area contributed by atoms with Gasteiger partial charge in [-0.2, -0.15) is 31.1 Å². The summed E-state index contributed by atoms with van der Waals surface area (Å²) in [5.41, 5.74) is 13.3. The highest BCUT2D eigenvalue weighted by molar-refractivity contribution is 6.36. The molecule has 0 aliphatic heterocycles. The number of aromatic nitrogens is 12. The zero-order valence-corrected chi connectivity index (χ0v) is 58.6. The fourth-order valence-corrected chi connectivity index (χ4v) is 12.1. The van der Waals surface area contributed by atoms with Crippen LogP contribution in [0.2, 0.25) is 30.1 Å².